The lowest BCUT2D eigenvalue weighted by molar-refractivity contribution is 0.0649. The molecule has 1 aromatic carbocycles. The van der Waals surface area contributed by atoms with Crippen molar-refractivity contribution in [3.8, 4) is 5.88 Å². The third kappa shape index (κ3) is 5.43. The van der Waals surface area contributed by atoms with Gasteiger partial charge >= 0.3 is 0 Å². The smallest absolute Gasteiger partial charge is 0.254 e. The van der Waals surface area contributed by atoms with Crippen molar-refractivity contribution >= 4 is 12.0 Å². The van der Waals surface area contributed by atoms with Crippen LogP contribution in [0.25, 0.3) is 6.08 Å². The summed E-state index contributed by atoms with van der Waals surface area (Å²) in [5.41, 5.74) is 1.84. The Labute approximate surface area is 171 Å². The minimum atomic E-state index is 0.0281. The number of aromatic nitrogens is 1. The molecule has 2 aliphatic heterocycles. The van der Waals surface area contributed by atoms with E-state index in [9.17, 15) is 4.79 Å². The monoisotopic (exact) mass is 393 g/mol. The van der Waals surface area contributed by atoms with Crippen LogP contribution in [0.4, 0.5) is 0 Å². The number of rotatable bonds is 6. The Morgan fingerprint density at radius 2 is 2.00 bits per heavy atom. The molecule has 0 aliphatic carbocycles. The molecule has 6 heteroatoms. The highest BCUT2D eigenvalue weighted by Gasteiger charge is 2.23. The number of hydrogen-bond donors (Lipinski definition) is 0. The SMILES string of the molecule is O=C(c1ccnc(OC2CCOC2)c1)N1CCN(C/C=C/c2ccccc2)CC1. The van der Waals surface area contributed by atoms with Gasteiger partial charge in [0.15, 0.2) is 0 Å². The molecule has 29 heavy (non-hydrogen) atoms. The number of carbonyl (C=O) groups excluding carboxylic acids is 1. The van der Waals surface area contributed by atoms with Crippen molar-refractivity contribution in [1.82, 2.24) is 14.8 Å². The van der Waals surface area contributed by atoms with E-state index in [1.54, 1.807) is 18.3 Å². The van der Waals surface area contributed by atoms with E-state index in [1.807, 2.05) is 23.1 Å². The summed E-state index contributed by atoms with van der Waals surface area (Å²) in [6.45, 7) is 5.40. The summed E-state index contributed by atoms with van der Waals surface area (Å²) in [7, 11) is 0. The largest absolute Gasteiger partial charge is 0.472 e. The minimum Gasteiger partial charge on any atom is -0.472 e. The molecule has 1 amide bonds. The van der Waals surface area contributed by atoms with Gasteiger partial charge in [-0.2, -0.15) is 0 Å². The first kappa shape index (κ1) is 19.6. The van der Waals surface area contributed by atoms with Gasteiger partial charge in [-0.1, -0.05) is 42.5 Å². The van der Waals surface area contributed by atoms with Gasteiger partial charge in [0.1, 0.15) is 6.10 Å². The molecule has 0 radical (unpaired) electrons. The molecule has 0 saturated carbocycles. The van der Waals surface area contributed by atoms with Gasteiger partial charge in [0.25, 0.3) is 5.91 Å². The zero-order valence-corrected chi connectivity index (χ0v) is 16.6. The van der Waals surface area contributed by atoms with Crippen molar-refractivity contribution in [2.45, 2.75) is 12.5 Å². The predicted molar refractivity (Wildman–Crippen MR) is 112 cm³/mol. The maximum absolute atomic E-state index is 12.9. The molecule has 2 saturated heterocycles. The first-order valence-corrected chi connectivity index (χ1v) is 10.2. The van der Waals surface area contributed by atoms with Crippen molar-refractivity contribution < 1.29 is 14.3 Å². The molecular weight excluding hydrogens is 366 g/mol. The summed E-state index contributed by atoms with van der Waals surface area (Å²) in [5.74, 6) is 0.537. The number of piperazine rings is 1. The van der Waals surface area contributed by atoms with Crippen LogP contribution in [0, 0.1) is 0 Å². The van der Waals surface area contributed by atoms with Crippen LogP contribution < -0.4 is 4.74 Å². The number of carbonyl (C=O) groups is 1. The van der Waals surface area contributed by atoms with Gasteiger partial charge in [-0.05, 0) is 11.6 Å². The van der Waals surface area contributed by atoms with Crippen LogP contribution in [0.1, 0.15) is 22.3 Å². The Morgan fingerprint density at radius 1 is 1.17 bits per heavy atom. The highest BCUT2D eigenvalue weighted by Crippen LogP contribution is 2.17. The van der Waals surface area contributed by atoms with E-state index >= 15 is 0 Å². The van der Waals surface area contributed by atoms with Crippen molar-refractivity contribution in [1.29, 1.82) is 0 Å². The summed E-state index contributed by atoms with van der Waals surface area (Å²) in [4.78, 5) is 21.4. The lowest BCUT2D eigenvalue weighted by Crippen LogP contribution is -2.48. The third-order valence-electron chi connectivity index (χ3n) is 5.29. The summed E-state index contributed by atoms with van der Waals surface area (Å²) < 4.78 is 11.2. The topological polar surface area (TPSA) is 54.9 Å². The Bertz CT molecular complexity index is 826. The summed E-state index contributed by atoms with van der Waals surface area (Å²) in [5, 5.41) is 0. The first-order valence-electron chi connectivity index (χ1n) is 10.2. The highest BCUT2D eigenvalue weighted by atomic mass is 16.5. The highest BCUT2D eigenvalue weighted by molar-refractivity contribution is 5.94. The molecule has 1 aromatic heterocycles. The van der Waals surface area contributed by atoms with Gasteiger partial charge in [-0.25, -0.2) is 4.98 Å². The van der Waals surface area contributed by atoms with Crippen LogP contribution in [-0.2, 0) is 4.74 Å². The molecule has 4 rings (SSSR count). The Kier molecular flexibility index (Phi) is 6.54. The quantitative estimate of drug-likeness (QED) is 0.755. The number of amides is 1. The van der Waals surface area contributed by atoms with Crippen molar-refractivity contribution in [3.05, 3.63) is 65.9 Å². The lowest BCUT2D eigenvalue weighted by Gasteiger charge is -2.34. The maximum Gasteiger partial charge on any atom is 0.254 e. The Morgan fingerprint density at radius 3 is 2.76 bits per heavy atom. The first-order chi connectivity index (χ1) is 14.3. The maximum atomic E-state index is 12.9. The second kappa shape index (κ2) is 9.67. The molecular formula is C23H27N3O3. The number of ether oxygens (including phenoxy) is 2. The number of benzene rings is 1. The second-order valence-electron chi connectivity index (χ2n) is 7.39. The van der Waals surface area contributed by atoms with Gasteiger partial charge in [0.2, 0.25) is 5.88 Å². The molecule has 2 aromatic rings. The minimum absolute atomic E-state index is 0.0281. The van der Waals surface area contributed by atoms with Crippen molar-refractivity contribution in [2.24, 2.45) is 0 Å². The van der Waals surface area contributed by atoms with Crippen LogP contribution in [0.3, 0.4) is 0 Å². The zero-order chi connectivity index (χ0) is 19.9. The molecule has 1 unspecified atom stereocenters. The van der Waals surface area contributed by atoms with E-state index in [0.29, 0.717) is 24.7 Å². The van der Waals surface area contributed by atoms with Crippen LogP contribution in [0.5, 0.6) is 5.88 Å². The van der Waals surface area contributed by atoms with E-state index in [1.165, 1.54) is 5.56 Å². The Hall–Kier alpha value is -2.70. The van der Waals surface area contributed by atoms with Gasteiger partial charge < -0.3 is 14.4 Å². The van der Waals surface area contributed by atoms with Gasteiger partial charge in [0.05, 0.1) is 13.2 Å². The summed E-state index contributed by atoms with van der Waals surface area (Å²) in [6.07, 6.45) is 6.86. The molecule has 1 atom stereocenters. The summed E-state index contributed by atoms with van der Waals surface area (Å²) >= 11 is 0. The fourth-order valence-electron chi connectivity index (χ4n) is 3.60. The molecule has 2 aliphatic rings. The third-order valence-corrected chi connectivity index (χ3v) is 5.29. The average molecular weight is 393 g/mol. The average Bonchev–Trinajstić information content (AvgIpc) is 3.28. The van der Waals surface area contributed by atoms with Gasteiger partial charge in [0, 0.05) is 57.0 Å². The Balaban J connectivity index is 1.27. The van der Waals surface area contributed by atoms with Crippen molar-refractivity contribution in [2.75, 3.05) is 45.9 Å². The van der Waals surface area contributed by atoms with Gasteiger partial charge in [-0.15, -0.1) is 0 Å². The fourth-order valence-corrected chi connectivity index (χ4v) is 3.60. The van der Waals surface area contributed by atoms with Crippen LogP contribution in [0.2, 0.25) is 0 Å². The predicted octanol–water partition coefficient (Wildman–Crippen LogP) is 2.72. The molecule has 3 heterocycles. The standard InChI is InChI=1S/C23H27N3O3/c27-23(20-8-10-24-22(17-20)29-21-9-16-28-18-21)26-14-12-25(13-15-26)11-4-7-19-5-2-1-3-6-19/h1-8,10,17,21H,9,11-16,18H2/b7-4+. The van der Waals surface area contributed by atoms with E-state index in [-0.39, 0.29) is 12.0 Å². The van der Waals surface area contributed by atoms with E-state index in [0.717, 1.165) is 39.1 Å². The van der Waals surface area contributed by atoms with Crippen LogP contribution in [0.15, 0.2) is 54.7 Å². The normalized spacial score (nSPS) is 20.3. The molecule has 2 fully saturated rings. The number of hydrogen-bond acceptors (Lipinski definition) is 5. The number of pyridine rings is 1. The van der Waals surface area contributed by atoms with E-state index < -0.39 is 0 Å². The van der Waals surface area contributed by atoms with E-state index in [2.05, 4.69) is 34.2 Å². The molecule has 0 spiro atoms. The van der Waals surface area contributed by atoms with Crippen LogP contribution >= 0.6 is 0 Å². The molecule has 152 valence electrons. The molecule has 0 N–H and O–H groups in total. The molecule has 6 nitrogen and oxygen atoms in total. The van der Waals surface area contributed by atoms with Gasteiger partial charge in [-0.3, -0.25) is 9.69 Å². The van der Waals surface area contributed by atoms with Crippen molar-refractivity contribution in [3.63, 3.8) is 0 Å². The molecule has 0 bridgehead atoms. The fraction of sp³-hybridized carbons (Fsp3) is 0.391. The summed E-state index contributed by atoms with van der Waals surface area (Å²) in [6, 6.07) is 13.8. The zero-order valence-electron chi connectivity index (χ0n) is 16.6. The second-order valence-corrected chi connectivity index (χ2v) is 7.39. The van der Waals surface area contributed by atoms with Crippen LogP contribution in [-0.4, -0.2) is 72.7 Å². The lowest BCUT2D eigenvalue weighted by atomic mass is 10.2. The van der Waals surface area contributed by atoms with E-state index in [4.69, 9.17) is 9.47 Å². The number of nitrogens with zero attached hydrogens (tertiary/aromatic N) is 3.